The van der Waals surface area contributed by atoms with Crippen molar-refractivity contribution in [3.05, 3.63) is 11.6 Å². The van der Waals surface area contributed by atoms with Crippen LogP contribution >= 0.6 is 0 Å². The second kappa shape index (κ2) is 9.88. The van der Waals surface area contributed by atoms with Gasteiger partial charge in [-0.25, -0.2) is 4.79 Å². The molecule has 0 bridgehead atoms. The summed E-state index contributed by atoms with van der Waals surface area (Å²) in [7, 11) is 0. The van der Waals surface area contributed by atoms with Crippen LogP contribution in [-0.2, 0) is 4.79 Å². The van der Waals surface area contributed by atoms with Crippen molar-refractivity contribution in [3.8, 4) is 0 Å². The number of allylic oxidation sites excluding steroid dienone is 1. The molecule has 0 saturated heterocycles. The van der Waals surface area contributed by atoms with Crippen LogP contribution in [0.5, 0.6) is 0 Å². The van der Waals surface area contributed by atoms with Crippen molar-refractivity contribution in [2.75, 3.05) is 13.2 Å². The summed E-state index contributed by atoms with van der Waals surface area (Å²) in [5.41, 5.74) is 0.598. The van der Waals surface area contributed by atoms with Crippen molar-refractivity contribution in [2.24, 2.45) is 0 Å². The highest BCUT2D eigenvalue weighted by Gasteiger charge is 2.22. The largest absolute Gasteiger partial charge is 0.478 e. The SMILES string of the molecule is O=C(O)C1=CCCCC1.OCC(O)C(O)C(O)CO. The van der Waals surface area contributed by atoms with Gasteiger partial charge in [-0.3, -0.25) is 0 Å². The normalized spacial score (nSPS) is 19.5. The molecule has 2 atom stereocenters. The summed E-state index contributed by atoms with van der Waals surface area (Å²) >= 11 is 0. The van der Waals surface area contributed by atoms with E-state index < -0.39 is 37.5 Å². The number of aliphatic hydroxyl groups is 5. The molecule has 1 aliphatic rings. The maximum atomic E-state index is 10.3. The molecule has 0 aromatic rings. The Balaban J connectivity index is 0.000000342. The second-order valence-corrected chi connectivity index (χ2v) is 4.27. The van der Waals surface area contributed by atoms with Crippen LogP contribution in [0.15, 0.2) is 11.6 Å². The summed E-state index contributed by atoms with van der Waals surface area (Å²) in [6, 6.07) is 0. The van der Waals surface area contributed by atoms with Crippen LogP contribution in [0.25, 0.3) is 0 Å². The van der Waals surface area contributed by atoms with Crippen LogP contribution < -0.4 is 0 Å². The predicted octanol–water partition coefficient (Wildman–Crippen LogP) is -1.37. The summed E-state index contributed by atoms with van der Waals surface area (Å²) in [5.74, 6) is -0.741. The molecule has 6 N–H and O–H groups in total. The van der Waals surface area contributed by atoms with Crippen molar-refractivity contribution in [1.82, 2.24) is 0 Å². The molecule has 1 rings (SSSR count). The van der Waals surface area contributed by atoms with E-state index in [1.54, 1.807) is 0 Å². The van der Waals surface area contributed by atoms with E-state index in [0.717, 1.165) is 25.7 Å². The van der Waals surface area contributed by atoms with Crippen LogP contribution in [0.4, 0.5) is 0 Å². The van der Waals surface area contributed by atoms with Gasteiger partial charge >= 0.3 is 5.97 Å². The molecule has 0 aliphatic heterocycles. The Kier molecular flexibility index (Phi) is 9.36. The van der Waals surface area contributed by atoms with Crippen LogP contribution in [-0.4, -0.2) is 68.1 Å². The highest BCUT2D eigenvalue weighted by atomic mass is 16.4. The van der Waals surface area contributed by atoms with Crippen molar-refractivity contribution in [1.29, 1.82) is 0 Å². The van der Waals surface area contributed by atoms with Gasteiger partial charge in [-0.1, -0.05) is 6.08 Å². The first-order valence-electron chi connectivity index (χ1n) is 6.12. The van der Waals surface area contributed by atoms with Gasteiger partial charge in [-0.15, -0.1) is 0 Å². The molecule has 0 aromatic heterocycles. The molecule has 0 spiro atoms. The Bertz CT molecular complexity index is 280. The average Bonchev–Trinajstić information content (AvgIpc) is 2.46. The minimum atomic E-state index is -1.49. The molecular weight excluding hydrogens is 256 g/mol. The Morgan fingerprint density at radius 3 is 1.89 bits per heavy atom. The number of carbonyl (C=O) groups is 1. The first-order valence-corrected chi connectivity index (χ1v) is 6.12. The quantitative estimate of drug-likeness (QED) is 0.364. The number of aliphatic hydroxyl groups excluding tert-OH is 5. The third-order valence-electron chi connectivity index (χ3n) is 2.73. The van der Waals surface area contributed by atoms with Gasteiger partial charge in [-0.05, 0) is 25.7 Å². The average molecular weight is 278 g/mol. The molecule has 0 amide bonds. The van der Waals surface area contributed by atoms with Crippen LogP contribution in [0.2, 0.25) is 0 Å². The van der Waals surface area contributed by atoms with Crippen LogP contribution in [0, 0.1) is 0 Å². The van der Waals surface area contributed by atoms with E-state index in [-0.39, 0.29) is 0 Å². The van der Waals surface area contributed by atoms with Gasteiger partial charge in [0, 0.05) is 5.57 Å². The smallest absolute Gasteiger partial charge is 0.331 e. The molecule has 1 aliphatic carbocycles. The summed E-state index contributed by atoms with van der Waals surface area (Å²) in [6.45, 7) is -1.28. The molecule has 7 nitrogen and oxygen atoms in total. The topological polar surface area (TPSA) is 138 Å². The number of carboxylic acid groups (broad SMARTS) is 1. The van der Waals surface area contributed by atoms with Crippen molar-refractivity contribution >= 4 is 5.97 Å². The highest BCUT2D eigenvalue weighted by molar-refractivity contribution is 5.86. The molecule has 0 radical (unpaired) electrons. The van der Waals surface area contributed by atoms with Crippen molar-refractivity contribution in [3.63, 3.8) is 0 Å². The maximum Gasteiger partial charge on any atom is 0.331 e. The Labute approximate surface area is 111 Å². The van der Waals surface area contributed by atoms with Gasteiger partial charge in [0.15, 0.2) is 0 Å². The molecule has 2 unspecified atom stereocenters. The Morgan fingerprint density at radius 2 is 1.63 bits per heavy atom. The fraction of sp³-hybridized carbons (Fsp3) is 0.750. The zero-order chi connectivity index (χ0) is 14.8. The van der Waals surface area contributed by atoms with Gasteiger partial charge in [0.2, 0.25) is 0 Å². The molecule has 0 fully saturated rings. The fourth-order valence-corrected chi connectivity index (χ4v) is 1.50. The van der Waals surface area contributed by atoms with Gasteiger partial charge in [0.25, 0.3) is 0 Å². The van der Waals surface area contributed by atoms with E-state index in [1.807, 2.05) is 6.08 Å². The van der Waals surface area contributed by atoms with Gasteiger partial charge in [0.05, 0.1) is 13.2 Å². The molecular formula is C12H22O7. The Hall–Kier alpha value is -0.990. The summed E-state index contributed by atoms with van der Waals surface area (Å²) in [5, 5.41) is 51.0. The first-order chi connectivity index (χ1) is 8.93. The van der Waals surface area contributed by atoms with Crippen LogP contribution in [0.1, 0.15) is 25.7 Å². The highest BCUT2D eigenvalue weighted by Crippen LogP contribution is 2.16. The molecule has 0 heterocycles. The molecule has 7 heteroatoms. The second-order valence-electron chi connectivity index (χ2n) is 4.27. The third-order valence-corrected chi connectivity index (χ3v) is 2.73. The van der Waals surface area contributed by atoms with Crippen molar-refractivity contribution in [2.45, 2.75) is 44.0 Å². The summed E-state index contributed by atoms with van der Waals surface area (Å²) in [4.78, 5) is 10.3. The van der Waals surface area contributed by atoms with E-state index in [4.69, 9.17) is 30.6 Å². The van der Waals surface area contributed by atoms with E-state index in [1.165, 1.54) is 0 Å². The minimum Gasteiger partial charge on any atom is -0.478 e. The molecule has 0 aromatic carbocycles. The first kappa shape index (κ1) is 18.0. The number of hydrogen-bond acceptors (Lipinski definition) is 6. The minimum absolute atomic E-state index is 0.598. The monoisotopic (exact) mass is 278 g/mol. The third kappa shape index (κ3) is 7.24. The number of carboxylic acids is 1. The number of hydrogen-bond donors (Lipinski definition) is 6. The molecule has 0 saturated carbocycles. The van der Waals surface area contributed by atoms with E-state index in [0.29, 0.717) is 5.57 Å². The van der Waals surface area contributed by atoms with Gasteiger partial charge in [0.1, 0.15) is 18.3 Å². The van der Waals surface area contributed by atoms with Crippen LogP contribution in [0.3, 0.4) is 0 Å². The number of aliphatic carboxylic acids is 1. The van der Waals surface area contributed by atoms with E-state index in [2.05, 4.69) is 0 Å². The van der Waals surface area contributed by atoms with Gasteiger partial charge in [-0.2, -0.15) is 0 Å². The lowest BCUT2D eigenvalue weighted by Gasteiger charge is -2.19. The van der Waals surface area contributed by atoms with Crippen molar-refractivity contribution < 1.29 is 35.4 Å². The lowest BCUT2D eigenvalue weighted by atomic mass is 10.0. The summed E-state index contributed by atoms with van der Waals surface area (Å²) in [6.07, 6.45) is 1.43. The summed E-state index contributed by atoms with van der Waals surface area (Å²) < 4.78 is 0. The zero-order valence-electron chi connectivity index (χ0n) is 10.6. The lowest BCUT2D eigenvalue weighted by Crippen LogP contribution is -2.41. The Morgan fingerprint density at radius 1 is 1.11 bits per heavy atom. The number of rotatable bonds is 5. The molecule has 112 valence electrons. The van der Waals surface area contributed by atoms with Gasteiger partial charge < -0.3 is 30.6 Å². The van der Waals surface area contributed by atoms with E-state index >= 15 is 0 Å². The fourth-order valence-electron chi connectivity index (χ4n) is 1.50. The standard InChI is InChI=1S/C7H10O2.C5H12O5/c8-7(9)6-4-2-1-3-5-6;6-1-3(8)5(10)4(9)2-7/h4H,1-3,5H2,(H,8,9);3-10H,1-2H2. The lowest BCUT2D eigenvalue weighted by molar-refractivity contribution is -0.132. The molecule has 19 heavy (non-hydrogen) atoms. The predicted molar refractivity (Wildman–Crippen MR) is 66.4 cm³/mol. The zero-order valence-corrected chi connectivity index (χ0v) is 10.6. The van der Waals surface area contributed by atoms with E-state index in [9.17, 15) is 4.79 Å². The maximum absolute atomic E-state index is 10.3.